The number of rotatable bonds is 4. The lowest BCUT2D eigenvalue weighted by molar-refractivity contribution is 0.0825. The molecule has 2 atom stereocenters. The first-order valence-electron chi connectivity index (χ1n) is 10.2. The Labute approximate surface area is 176 Å². The van der Waals surface area contributed by atoms with Crippen molar-refractivity contribution in [3.05, 3.63) is 29.2 Å². The molecule has 0 spiro atoms. The predicted molar refractivity (Wildman–Crippen MR) is 110 cm³/mol. The van der Waals surface area contributed by atoms with Gasteiger partial charge in [0.2, 0.25) is 5.89 Å². The number of aromatic nitrogens is 4. The number of hydrogen-bond donors (Lipinski definition) is 2. The van der Waals surface area contributed by atoms with Crippen molar-refractivity contribution in [3.63, 3.8) is 0 Å². The van der Waals surface area contributed by atoms with Crippen molar-refractivity contribution in [2.24, 2.45) is 0 Å². The van der Waals surface area contributed by atoms with Crippen LogP contribution in [0.25, 0.3) is 0 Å². The van der Waals surface area contributed by atoms with Crippen LogP contribution in [0.4, 0.5) is 4.79 Å². The summed E-state index contributed by atoms with van der Waals surface area (Å²) in [6.07, 6.45) is 3.28. The zero-order valence-electron chi connectivity index (χ0n) is 18.5. The van der Waals surface area contributed by atoms with Crippen molar-refractivity contribution in [1.29, 1.82) is 0 Å². The maximum atomic E-state index is 12.9. The van der Waals surface area contributed by atoms with Crippen LogP contribution < -0.4 is 5.32 Å². The molecule has 0 aromatic carbocycles. The Kier molecular flexibility index (Phi) is 6.14. The Hall–Kier alpha value is -2.91. The Morgan fingerprint density at radius 1 is 1.37 bits per heavy atom. The van der Waals surface area contributed by atoms with E-state index in [1.54, 1.807) is 25.2 Å². The summed E-state index contributed by atoms with van der Waals surface area (Å²) in [5, 5.41) is 14.0. The summed E-state index contributed by atoms with van der Waals surface area (Å²) in [5.41, 5.74) is 1.12. The molecule has 1 aliphatic rings. The van der Waals surface area contributed by atoms with E-state index < -0.39 is 6.04 Å². The van der Waals surface area contributed by atoms with E-state index in [-0.39, 0.29) is 23.3 Å². The largest absolute Gasteiger partial charge is 0.345 e. The van der Waals surface area contributed by atoms with Crippen LogP contribution in [-0.4, -0.2) is 69.3 Å². The molecule has 10 heteroatoms. The number of aromatic amines is 1. The van der Waals surface area contributed by atoms with Crippen molar-refractivity contribution in [2.75, 3.05) is 27.2 Å². The number of nitrogens with zero attached hydrogens (tertiary/aromatic N) is 5. The molecule has 3 rings (SSSR count). The lowest BCUT2D eigenvalue weighted by Crippen LogP contribution is -2.46. The van der Waals surface area contributed by atoms with E-state index in [0.29, 0.717) is 30.4 Å². The molecule has 1 saturated heterocycles. The molecule has 2 aromatic rings. The highest BCUT2D eigenvalue weighted by molar-refractivity contribution is 5.95. The third-order valence-corrected chi connectivity index (χ3v) is 5.25. The first kappa shape index (κ1) is 21.8. The predicted octanol–water partition coefficient (Wildman–Crippen LogP) is 2.44. The summed E-state index contributed by atoms with van der Waals surface area (Å²) in [4.78, 5) is 33.0. The summed E-state index contributed by atoms with van der Waals surface area (Å²) in [5.74, 6) is 0.917. The molecule has 2 aromatic heterocycles. The molecule has 0 bridgehead atoms. The fraction of sp³-hybridized carbons (Fsp3) is 0.650. The normalized spacial score (nSPS) is 18.2. The van der Waals surface area contributed by atoms with Crippen molar-refractivity contribution < 1.29 is 14.1 Å². The van der Waals surface area contributed by atoms with Crippen LogP contribution in [0, 0.1) is 0 Å². The highest BCUT2D eigenvalue weighted by atomic mass is 16.5. The number of H-pyrrole nitrogens is 1. The van der Waals surface area contributed by atoms with Gasteiger partial charge in [0.05, 0.1) is 17.5 Å². The first-order chi connectivity index (χ1) is 14.1. The number of piperidine rings is 1. The standard InChI is InChI=1S/C20H31N7O3/c1-12(16-23-18(25-30-16)20(2,3)4)22-19(29)27-9-7-8-13(11-27)15-14(10-21-24-15)17(28)26(5)6/h10,12-13H,7-9,11H2,1-6H3,(H,21,24)(H,22,29). The maximum Gasteiger partial charge on any atom is 0.318 e. The second-order valence-electron chi connectivity index (χ2n) is 9.06. The number of carbonyl (C=O) groups is 2. The van der Waals surface area contributed by atoms with Gasteiger partial charge in [-0.25, -0.2) is 4.79 Å². The SMILES string of the molecule is CC(NC(=O)N1CCCC(c2[nH]ncc2C(=O)N(C)C)C1)c1nc(C(C)(C)C)no1. The van der Waals surface area contributed by atoms with E-state index in [9.17, 15) is 9.59 Å². The van der Waals surface area contributed by atoms with Gasteiger partial charge < -0.3 is 19.6 Å². The van der Waals surface area contributed by atoms with E-state index in [1.807, 2.05) is 27.7 Å². The van der Waals surface area contributed by atoms with Crippen molar-refractivity contribution in [1.82, 2.24) is 35.5 Å². The average molecular weight is 418 g/mol. The van der Waals surface area contributed by atoms with Gasteiger partial charge >= 0.3 is 6.03 Å². The fourth-order valence-electron chi connectivity index (χ4n) is 3.47. The van der Waals surface area contributed by atoms with Gasteiger partial charge in [-0.15, -0.1) is 0 Å². The van der Waals surface area contributed by atoms with Gasteiger partial charge in [-0.2, -0.15) is 10.1 Å². The van der Waals surface area contributed by atoms with Crippen molar-refractivity contribution in [3.8, 4) is 0 Å². The Morgan fingerprint density at radius 3 is 2.73 bits per heavy atom. The highest BCUT2D eigenvalue weighted by Gasteiger charge is 2.31. The average Bonchev–Trinajstić information content (AvgIpc) is 3.36. The number of likely N-dealkylation sites (tertiary alicyclic amines) is 1. The maximum absolute atomic E-state index is 12.9. The van der Waals surface area contributed by atoms with Gasteiger partial charge in [-0.05, 0) is 19.8 Å². The summed E-state index contributed by atoms with van der Waals surface area (Å²) in [6.45, 7) is 8.99. The van der Waals surface area contributed by atoms with Gasteiger partial charge in [0, 0.05) is 38.5 Å². The van der Waals surface area contributed by atoms with Gasteiger partial charge in [0.25, 0.3) is 5.91 Å². The smallest absolute Gasteiger partial charge is 0.318 e. The summed E-state index contributed by atoms with van der Waals surface area (Å²) >= 11 is 0. The van der Waals surface area contributed by atoms with Crippen LogP contribution in [0.3, 0.4) is 0 Å². The van der Waals surface area contributed by atoms with E-state index >= 15 is 0 Å². The second-order valence-corrected chi connectivity index (χ2v) is 9.06. The Bertz CT molecular complexity index is 896. The van der Waals surface area contributed by atoms with E-state index in [1.165, 1.54) is 4.90 Å². The molecular formula is C20H31N7O3. The van der Waals surface area contributed by atoms with Gasteiger partial charge in [0.1, 0.15) is 6.04 Å². The fourth-order valence-corrected chi connectivity index (χ4v) is 3.47. The third kappa shape index (κ3) is 4.63. The zero-order valence-corrected chi connectivity index (χ0v) is 18.5. The van der Waals surface area contributed by atoms with Gasteiger partial charge in [0.15, 0.2) is 5.82 Å². The van der Waals surface area contributed by atoms with Crippen molar-refractivity contribution in [2.45, 2.75) is 57.9 Å². The monoisotopic (exact) mass is 417 g/mol. The molecule has 10 nitrogen and oxygen atoms in total. The van der Waals surface area contributed by atoms with E-state index in [0.717, 1.165) is 18.5 Å². The molecular weight excluding hydrogens is 386 g/mol. The molecule has 3 amide bonds. The number of hydrogen-bond acceptors (Lipinski definition) is 6. The molecule has 2 N–H and O–H groups in total. The lowest BCUT2D eigenvalue weighted by Gasteiger charge is -2.33. The molecule has 1 fully saturated rings. The third-order valence-electron chi connectivity index (χ3n) is 5.25. The van der Waals surface area contributed by atoms with Gasteiger partial charge in [-0.1, -0.05) is 25.9 Å². The lowest BCUT2D eigenvalue weighted by atomic mass is 9.92. The van der Waals surface area contributed by atoms with Gasteiger partial charge in [-0.3, -0.25) is 9.89 Å². The second kappa shape index (κ2) is 8.45. The summed E-state index contributed by atoms with van der Waals surface area (Å²) in [6, 6.07) is -0.595. The quantitative estimate of drug-likeness (QED) is 0.788. The van der Waals surface area contributed by atoms with Crippen LogP contribution in [0.5, 0.6) is 0 Å². The molecule has 164 valence electrons. The summed E-state index contributed by atoms with van der Waals surface area (Å²) in [7, 11) is 3.42. The molecule has 30 heavy (non-hydrogen) atoms. The van der Waals surface area contributed by atoms with Crippen LogP contribution in [0.15, 0.2) is 10.7 Å². The number of carbonyl (C=O) groups excluding carboxylic acids is 2. The molecule has 3 heterocycles. The van der Waals surface area contributed by atoms with E-state index in [2.05, 4.69) is 25.7 Å². The first-order valence-corrected chi connectivity index (χ1v) is 10.2. The van der Waals surface area contributed by atoms with Crippen LogP contribution >= 0.6 is 0 Å². The minimum atomic E-state index is -0.403. The highest BCUT2D eigenvalue weighted by Crippen LogP contribution is 2.28. The Morgan fingerprint density at radius 2 is 2.10 bits per heavy atom. The number of urea groups is 1. The number of amides is 3. The van der Waals surface area contributed by atoms with Crippen LogP contribution in [-0.2, 0) is 5.41 Å². The molecule has 0 saturated carbocycles. The zero-order chi connectivity index (χ0) is 22.1. The number of nitrogens with one attached hydrogen (secondary N) is 2. The molecule has 2 unspecified atom stereocenters. The summed E-state index contributed by atoms with van der Waals surface area (Å²) < 4.78 is 5.34. The minimum Gasteiger partial charge on any atom is -0.345 e. The van der Waals surface area contributed by atoms with Crippen LogP contribution in [0.2, 0.25) is 0 Å². The topological polar surface area (TPSA) is 120 Å². The Balaban J connectivity index is 1.66. The minimum absolute atomic E-state index is 0.0251. The van der Waals surface area contributed by atoms with Crippen LogP contribution in [0.1, 0.15) is 80.3 Å². The molecule has 1 aliphatic heterocycles. The molecule has 0 aliphatic carbocycles. The van der Waals surface area contributed by atoms with Crippen molar-refractivity contribution >= 4 is 11.9 Å². The molecule has 0 radical (unpaired) electrons. The van der Waals surface area contributed by atoms with E-state index in [4.69, 9.17) is 4.52 Å².